The number of rotatable bonds is 6. The monoisotopic (exact) mass is 294 g/mol. The van der Waals surface area contributed by atoms with Crippen molar-refractivity contribution in [1.29, 1.82) is 0 Å². The van der Waals surface area contributed by atoms with E-state index in [0.29, 0.717) is 5.92 Å². The first-order chi connectivity index (χ1) is 10.8. The fraction of sp³-hybridized carbons (Fsp3) is 0.263. The molecule has 1 aromatic heterocycles. The Labute approximate surface area is 131 Å². The van der Waals surface area contributed by atoms with E-state index >= 15 is 0 Å². The maximum atomic E-state index is 5.31. The standard InChI is InChI=1S/C19H22N2O/c1-20-11-10-16(14-6-4-3-5-7-14)18-13-21-19-12-15(22-2)8-9-17(18)19/h3-9,12-13,16,20-21H,10-11H2,1-2H3. The Morgan fingerprint density at radius 2 is 1.95 bits per heavy atom. The molecule has 0 amide bonds. The molecule has 3 rings (SSSR count). The molecule has 0 radical (unpaired) electrons. The number of methoxy groups -OCH3 is 1. The molecule has 1 atom stereocenters. The molecule has 0 saturated carbocycles. The zero-order chi connectivity index (χ0) is 15.4. The van der Waals surface area contributed by atoms with E-state index in [2.05, 4.69) is 59.0 Å². The van der Waals surface area contributed by atoms with Crippen molar-refractivity contribution >= 4 is 10.9 Å². The largest absolute Gasteiger partial charge is 0.497 e. The predicted octanol–water partition coefficient (Wildman–Crippen LogP) is 3.92. The molecule has 0 aliphatic heterocycles. The Balaban J connectivity index is 2.04. The highest BCUT2D eigenvalue weighted by Gasteiger charge is 2.17. The Morgan fingerprint density at radius 3 is 2.68 bits per heavy atom. The number of H-pyrrole nitrogens is 1. The van der Waals surface area contributed by atoms with E-state index in [1.807, 2.05) is 13.1 Å². The fourth-order valence-corrected chi connectivity index (χ4v) is 3.02. The molecule has 3 heteroatoms. The summed E-state index contributed by atoms with van der Waals surface area (Å²) in [6.07, 6.45) is 3.21. The second kappa shape index (κ2) is 6.67. The van der Waals surface area contributed by atoms with Crippen LogP contribution in [0.3, 0.4) is 0 Å². The summed E-state index contributed by atoms with van der Waals surface area (Å²) in [5.41, 5.74) is 3.83. The zero-order valence-electron chi connectivity index (χ0n) is 13.1. The van der Waals surface area contributed by atoms with E-state index in [4.69, 9.17) is 4.74 Å². The van der Waals surface area contributed by atoms with Crippen molar-refractivity contribution in [2.24, 2.45) is 0 Å². The summed E-state index contributed by atoms with van der Waals surface area (Å²) in [5, 5.41) is 4.54. The highest BCUT2D eigenvalue weighted by Crippen LogP contribution is 2.34. The van der Waals surface area contributed by atoms with Crippen molar-refractivity contribution in [2.45, 2.75) is 12.3 Å². The summed E-state index contributed by atoms with van der Waals surface area (Å²) in [6, 6.07) is 16.9. The average molecular weight is 294 g/mol. The van der Waals surface area contributed by atoms with Gasteiger partial charge in [0.05, 0.1) is 7.11 Å². The van der Waals surface area contributed by atoms with Crippen LogP contribution >= 0.6 is 0 Å². The molecule has 2 aromatic carbocycles. The van der Waals surface area contributed by atoms with E-state index in [9.17, 15) is 0 Å². The molecule has 114 valence electrons. The van der Waals surface area contributed by atoms with Crippen LogP contribution in [0.5, 0.6) is 5.75 Å². The number of hydrogen-bond donors (Lipinski definition) is 2. The van der Waals surface area contributed by atoms with Gasteiger partial charge in [-0.3, -0.25) is 0 Å². The average Bonchev–Trinajstić information content (AvgIpc) is 2.99. The van der Waals surface area contributed by atoms with Crippen LogP contribution in [0.15, 0.2) is 54.7 Å². The molecule has 0 bridgehead atoms. The van der Waals surface area contributed by atoms with Crippen molar-refractivity contribution in [3.8, 4) is 5.75 Å². The fourth-order valence-electron chi connectivity index (χ4n) is 3.02. The van der Waals surface area contributed by atoms with E-state index in [1.54, 1.807) is 7.11 Å². The summed E-state index contributed by atoms with van der Waals surface area (Å²) in [4.78, 5) is 3.39. The molecule has 0 fully saturated rings. The van der Waals surface area contributed by atoms with Gasteiger partial charge in [0.25, 0.3) is 0 Å². The van der Waals surface area contributed by atoms with Gasteiger partial charge in [0.1, 0.15) is 5.75 Å². The molecule has 0 aliphatic carbocycles. The molecule has 1 unspecified atom stereocenters. The topological polar surface area (TPSA) is 37.0 Å². The number of benzene rings is 2. The molecule has 0 saturated heterocycles. The normalized spacial score (nSPS) is 12.5. The molecule has 3 aromatic rings. The van der Waals surface area contributed by atoms with Gasteiger partial charge in [0, 0.05) is 29.1 Å². The highest BCUT2D eigenvalue weighted by molar-refractivity contribution is 5.85. The van der Waals surface area contributed by atoms with Crippen molar-refractivity contribution < 1.29 is 4.74 Å². The lowest BCUT2D eigenvalue weighted by Crippen LogP contribution is -2.13. The van der Waals surface area contributed by atoms with E-state index in [-0.39, 0.29) is 0 Å². The Hall–Kier alpha value is -2.26. The third kappa shape index (κ3) is 2.85. The van der Waals surface area contributed by atoms with Crippen LogP contribution in [-0.4, -0.2) is 25.7 Å². The molecule has 0 aliphatic rings. The SMILES string of the molecule is CNCCC(c1ccccc1)c1c[nH]c2cc(OC)ccc12. The van der Waals surface area contributed by atoms with E-state index in [1.165, 1.54) is 16.5 Å². The second-order valence-electron chi connectivity index (χ2n) is 5.51. The number of aromatic amines is 1. The number of hydrogen-bond acceptors (Lipinski definition) is 2. The minimum absolute atomic E-state index is 0.385. The van der Waals surface area contributed by atoms with Crippen LogP contribution in [0.1, 0.15) is 23.5 Å². The van der Waals surface area contributed by atoms with Gasteiger partial charge in [-0.05, 0) is 43.3 Å². The van der Waals surface area contributed by atoms with Crippen LogP contribution in [0.4, 0.5) is 0 Å². The number of aromatic nitrogens is 1. The van der Waals surface area contributed by atoms with Crippen LogP contribution < -0.4 is 10.1 Å². The van der Waals surface area contributed by atoms with Crippen LogP contribution in [0, 0.1) is 0 Å². The van der Waals surface area contributed by atoms with Crippen molar-refractivity contribution in [2.75, 3.05) is 20.7 Å². The van der Waals surface area contributed by atoms with Crippen LogP contribution in [-0.2, 0) is 0 Å². The van der Waals surface area contributed by atoms with E-state index in [0.717, 1.165) is 24.2 Å². The van der Waals surface area contributed by atoms with Gasteiger partial charge in [-0.2, -0.15) is 0 Å². The van der Waals surface area contributed by atoms with Gasteiger partial charge in [-0.1, -0.05) is 30.3 Å². The van der Waals surface area contributed by atoms with Crippen LogP contribution in [0.2, 0.25) is 0 Å². The summed E-state index contributed by atoms with van der Waals surface area (Å²) in [6.45, 7) is 0.988. The van der Waals surface area contributed by atoms with Gasteiger partial charge < -0.3 is 15.0 Å². The third-order valence-corrected chi connectivity index (χ3v) is 4.18. The van der Waals surface area contributed by atoms with Crippen molar-refractivity contribution in [1.82, 2.24) is 10.3 Å². The summed E-state index contributed by atoms with van der Waals surface area (Å²) in [7, 11) is 3.70. The van der Waals surface area contributed by atoms with Crippen molar-refractivity contribution in [3.63, 3.8) is 0 Å². The smallest absolute Gasteiger partial charge is 0.120 e. The maximum Gasteiger partial charge on any atom is 0.120 e. The van der Waals surface area contributed by atoms with E-state index < -0.39 is 0 Å². The Kier molecular flexibility index (Phi) is 4.45. The second-order valence-corrected chi connectivity index (χ2v) is 5.51. The van der Waals surface area contributed by atoms with Gasteiger partial charge in [-0.25, -0.2) is 0 Å². The summed E-state index contributed by atoms with van der Waals surface area (Å²) < 4.78 is 5.31. The number of ether oxygens (including phenoxy) is 1. The number of nitrogens with one attached hydrogen (secondary N) is 2. The van der Waals surface area contributed by atoms with Crippen LogP contribution in [0.25, 0.3) is 10.9 Å². The zero-order valence-corrected chi connectivity index (χ0v) is 13.1. The van der Waals surface area contributed by atoms with Gasteiger partial charge in [-0.15, -0.1) is 0 Å². The molecule has 2 N–H and O–H groups in total. The lowest BCUT2D eigenvalue weighted by Gasteiger charge is -2.17. The molecule has 0 spiro atoms. The quantitative estimate of drug-likeness (QED) is 0.723. The lowest BCUT2D eigenvalue weighted by atomic mass is 9.88. The molecule has 3 nitrogen and oxygen atoms in total. The minimum atomic E-state index is 0.385. The van der Waals surface area contributed by atoms with Gasteiger partial charge >= 0.3 is 0 Å². The summed E-state index contributed by atoms with van der Waals surface area (Å²) in [5.74, 6) is 1.27. The first-order valence-corrected chi connectivity index (χ1v) is 7.68. The first-order valence-electron chi connectivity index (χ1n) is 7.68. The molecule has 1 heterocycles. The highest BCUT2D eigenvalue weighted by atomic mass is 16.5. The molecular formula is C19H22N2O. The molecule has 22 heavy (non-hydrogen) atoms. The Morgan fingerprint density at radius 1 is 1.14 bits per heavy atom. The van der Waals surface area contributed by atoms with Gasteiger partial charge in [0.2, 0.25) is 0 Å². The Bertz CT molecular complexity index is 734. The van der Waals surface area contributed by atoms with Gasteiger partial charge in [0.15, 0.2) is 0 Å². The number of fused-ring (bicyclic) bond motifs is 1. The first kappa shape index (κ1) is 14.7. The third-order valence-electron chi connectivity index (χ3n) is 4.18. The summed E-state index contributed by atoms with van der Waals surface area (Å²) >= 11 is 0. The molecular weight excluding hydrogens is 272 g/mol. The van der Waals surface area contributed by atoms with Crippen molar-refractivity contribution in [3.05, 3.63) is 65.9 Å². The predicted molar refractivity (Wildman–Crippen MR) is 91.7 cm³/mol. The minimum Gasteiger partial charge on any atom is -0.497 e. The maximum absolute atomic E-state index is 5.31. The lowest BCUT2D eigenvalue weighted by molar-refractivity contribution is 0.415.